The van der Waals surface area contributed by atoms with Crippen molar-refractivity contribution in [2.45, 2.75) is 13.5 Å². The lowest BCUT2D eigenvalue weighted by molar-refractivity contribution is 0.161. The number of hydrogen-bond acceptors (Lipinski definition) is 3. The third-order valence-corrected chi connectivity index (χ3v) is 1.67. The zero-order chi connectivity index (χ0) is 9.14. The van der Waals surface area contributed by atoms with Gasteiger partial charge in [0.2, 0.25) is 0 Å². The SMILES string of the molecule is Cc1cc(F)c(O)cc1CNO. The molecular weight excluding hydrogens is 161 g/mol. The van der Waals surface area contributed by atoms with Gasteiger partial charge in [0.05, 0.1) is 0 Å². The summed E-state index contributed by atoms with van der Waals surface area (Å²) in [6.45, 7) is 1.90. The summed E-state index contributed by atoms with van der Waals surface area (Å²) >= 11 is 0. The van der Waals surface area contributed by atoms with Gasteiger partial charge < -0.3 is 10.3 Å². The van der Waals surface area contributed by atoms with Gasteiger partial charge in [0.15, 0.2) is 11.6 Å². The van der Waals surface area contributed by atoms with Crippen LogP contribution in [-0.4, -0.2) is 10.3 Å². The summed E-state index contributed by atoms with van der Waals surface area (Å²) < 4.78 is 12.7. The molecule has 0 fully saturated rings. The minimum absolute atomic E-state index is 0.194. The second-order valence-corrected chi connectivity index (χ2v) is 2.56. The Morgan fingerprint density at radius 3 is 2.75 bits per heavy atom. The van der Waals surface area contributed by atoms with Gasteiger partial charge in [-0.05, 0) is 30.2 Å². The van der Waals surface area contributed by atoms with Gasteiger partial charge in [0.1, 0.15) is 0 Å². The van der Waals surface area contributed by atoms with Crippen molar-refractivity contribution >= 4 is 0 Å². The lowest BCUT2D eigenvalue weighted by Gasteiger charge is -2.05. The molecule has 0 heterocycles. The summed E-state index contributed by atoms with van der Waals surface area (Å²) in [5.41, 5.74) is 3.29. The van der Waals surface area contributed by atoms with E-state index in [0.29, 0.717) is 11.1 Å². The summed E-state index contributed by atoms with van der Waals surface area (Å²) in [6.07, 6.45) is 0. The summed E-state index contributed by atoms with van der Waals surface area (Å²) in [5, 5.41) is 17.3. The standard InChI is InChI=1S/C8H10FNO2/c1-5-2-7(9)8(11)3-6(5)4-10-12/h2-3,10-12H,4H2,1H3. The van der Waals surface area contributed by atoms with E-state index in [-0.39, 0.29) is 6.54 Å². The van der Waals surface area contributed by atoms with Crippen LogP contribution in [-0.2, 0) is 6.54 Å². The number of aryl methyl sites for hydroxylation is 1. The molecule has 0 atom stereocenters. The topological polar surface area (TPSA) is 52.5 Å². The Labute approximate surface area is 69.4 Å². The van der Waals surface area contributed by atoms with E-state index in [1.807, 2.05) is 5.48 Å². The first-order valence-corrected chi connectivity index (χ1v) is 3.50. The monoisotopic (exact) mass is 171 g/mol. The zero-order valence-corrected chi connectivity index (χ0v) is 6.63. The summed E-state index contributed by atoms with van der Waals surface area (Å²) in [7, 11) is 0. The molecule has 4 heteroatoms. The van der Waals surface area contributed by atoms with E-state index >= 15 is 0 Å². The van der Waals surface area contributed by atoms with Crippen LogP contribution in [0.2, 0.25) is 0 Å². The lowest BCUT2D eigenvalue weighted by atomic mass is 10.1. The molecule has 0 bridgehead atoms. The molecule has 12 heavy (non-hydrogen) atoms. The summed E-state index contributed by atoms with van der Waals surface area (Å²) in [6, 6.07) is 2.51. The molecule has 3 nitrogen and oxygen atoms in total. The van der Waals surface area contributed by atoms with Crippen LogP contribution in [0.4, 0.5) is 4.39 Å². The number of phenols is 1. The molecule has 1 aromatic rings. The first-order valence-electron chi connectivity index (χ1n) is 3.50. The number of hydrogen-bond donors (Lipinski definition) is 3. The van der Waals surface area contributed by atoms with E-state index in [1.54, 1.807) is 6.92 Å². The fourth-order valence-electron chi connectivity index (χ4n) is 0.980. The Morgan fingerprint density at radius 2 is 2.17 bits per heavy atom. The van der Waals surface area contributed by atoms with Crippen LogP contribution in [0.3, 0.4) is 0 Å². The molecule has 0 spiro atoms. The van der Waals surface area contributed by atoms with E-state index < -0.39 is 11.6 Å². The first kappa shape index (κ1) is 8.96. The van der Waals surface area contributed by atoms with Gasteiger partial charge in [0, 0.05) is 6.54 Å². The highest BCUT2D eigenvalue weighted by atomic mass is 19.1. The fourth-order valence-corrected chi connectivity index (χ4v) is 0.980. The van der Waals surface area contributed by atoms with Gasteiger partial charge in [-0.1, -0.05) is 0 Å². The van der Waals surface area contributed by atoms with Gasteiger partial charge in [-0.25, -0.2) is 9.87 Å². The highest BCUT2D eigenvalue weighted by Gasteiger charge is 2.04. The molecule has 0 radical (unpaired) electrons. The second kappa shape index (κ2) is 3.51. The number of nitrogens with one attached hydrogen (secondary N) is 1. The average molecular weight is 171 g/mol. The Kier molecular flexibility index (Phi) is 2.62. The van der Waals surface area contributed by atoms with Crippen molar-refractivity contribution in [3.8, 4) is 5.75 Å². The van der Waals surface area contributed by atoms with Gasteiger partial charge in [-0.15, -0.1) is 0 Å². The van der Waals surface area contributed by atoms with Gasteiger partial charge >= 0.3 is 0 Å². The molecule has 66 valence electrons. The van der Waals surface area contributed by atoms with Crippen molar-refractivity contribution < 1.29 is 14.7 Å². The molecule has 0 amide bonds. The number of halogens is 1. The smallest absolute Gasteiger partial charge is 0.165 e. The first-order chi connectivity index (χ1) is 5.65. The predicted octanol–water partition coefficient (Wildman–Crippen LogP) is 1.32. The van der Waals surface area contributed by atoms with E-state index in [9.17, 15) is 4.39 Å². The minimum atomic E-state index is -0.644. The molecular formula is C8H10FNO2. The number of rotatable bonds is 2. The molecule has 1 aromatic carbocycles. The third kappa shape index (κ3) is 1.72. The highest BCUT2D eigenvalue weighted by molar-refractivity contribution is 5.35. The molecule has 1 rings (SSSR count). The van der Waals surface area contributed by atoms with E-state index in [1.165, 1.54) is 12.1 Å². The van der Waals surface area contributed by atoms with Crippen LogP contribution < -0.4 is 5.48 Å². The molecule has 0 aliphatic rings. The quantitative estimate of drug-likeness (QED) is 0.588. The van der Waals surface area contributed by atoms with Crippen LogP contribution in [0.1, 0.15) is 11.1 Å². The Bertz CT molecular complexity index is 289. The Hall–Kier alpha value is -1.13. The number of benzene rings is 1. The normalized spacial score (nSPS) is 10.2. The van der Waals surface area contributed by atoms with E-state index in [2.05, 4.69) is 0 Å². The van der Waals surface area contributed by atoms with E-state index in [0.717, 1.165) is 0 Å². The molecule has 3 N–H and O–H groups in total. The second-order valence-electron chi connectivity index (χ2n) is 2.56. The number of hydroxylamine groups is 1. The van der Waals surface area contributed by atoms with Crippen molar-refractivity contribution in [1.82, 2.24) is 5.48 Å². The van der Waals surface area contributed by atoms with Crippen molar-refractivity contribution in [3.05, 3.63) is 29.1 Å². The third-order valence-electron chi connectivity index (χ3n) is 1.67. The Balaban J connectivity index is 3.05. The summed E-state index contributed by atoms with van der Waals surface area (Å²) in [5.74, 6) is -1.04. The number of phenolic OH excluding ortho intramolecular Hbond substituents is 1. The molecule has 0 unspecified atom stereocenters. The van der Waals surface area contributed by atoms with Crippen LogP contribution >= 0.6 is 0 Å². The average Bonchev–Trinajstić information content (AvgIpc) is 2.01. The van der Waals surface area contributed by atoms with Gasteiger partial charge in [0.25, 0.3) is 0 Å². The molecule has 0 aromatic heterocycles. The molecule has 0 saturated heterocycles. The van der Waals surface area contributed by atoms with Crippen LogP contribution in [0.25, 0.3) is 0 Å². The fraction of sp³-hybridized carbons (Fsp3) is 0.250. The van der Waals surface area contributed by atoms with Gasteiger partial charge in [-0.3, -0.25) is 0 Å². The largest absolute Gasteiger partial charge is 0.505 e. The van der Waals surface area contributed by atoms with Crippen molar-refractivity contribution in [2.75, 3.05) is 0 Å². The molecule has 0 aliphatic heterocycles. The molecule has 0 saturated carbocycles. The van der Waals surface area contributed by atoms with Crippen molar-refractivity contribution in [1.29, 1.82) is 0 Å². The maximum atomic E-state index is 12.7. The van der Waals surface area contributed by atoms with Crippen molar-refractivity contribution in [3.63, 3.8) is 0 Å². The van der Waals surface area contributed by atoms with E-state index in [4.69, 9.17) is 10.3 Å². The minimum Gasteiger partial charge on any atom is -0.505 e. The summed E-state index contributed by atoms with van der Waals surface area (Å²) in [4.78, 5) is 0. The predicted molar refractivity (Wildman–Crippen MR) is 41.4 cm³/mol. The van der Waals surface area contributed by atoms with Crippen molar-refractivity contribution in [2.24, 2.45) is 0 Å². The maximum Gasteiger partial charge on any atom is 0.165 e. The van der Waals surface area contributed by atoms with Crippen LogP contribution in [0.5, 0.6) is 5.75 Å². The van der Waals surface area contributed by atoms with Crippen LogP contribution in [0.15, 0.2) is 12.1 Å². The maximum absolute atomic E-state index is 12.7. The zero-order valence-electron chi connectivity index (χ0n) is 6.63. The Morgan fingerprint density at radius 1 is 1.50 bits per heavy atom. The van der Waals surface area contributed by atoms with Crippen LogP contribution in [0, 0.1) is 12.7 Å². The lowest BCUT2D eigenvalue weighted by Crippen LogP contribution is -2.07. The molecule has 0 aliphatic carbocycles. The number of aromatic hydroxyl groups is 1. The van der Waals surface area contributed by atoms with Gasteiger partial charge in [-0.2, -0.15) is 0 Å². The highest BCUT2D eigenvalue weighted by Crippen LogP contribution is 2.20.